The van der Waals surface area contributed by atoms with Crippen molar-refractivity contribution in [2.45, 2.75) is 46.6 Å². The lowest BCUT2D eigenvalue weighted by molar-refractivity contribution is -0.131. The van der Waals surface area contributed by atoms with Gasteiger partial charge in [-0.15, -0.1) is 0 Å². The summed E-state index contributed by atoms with van der Waals surface area (Å²) < 4.78 is 21.4. The summed E-state index contributed by atoms with van der Waals surface area (Å²) in [5.41, 5.74) is 3.33. The largest absolute Gasteiger partial charge is 0.438 e. The van der Waals surface area contributed by atoms with Crippen LogP contribution in [-0.4, -0.2) is 33.7 Å². The van der Waals surface area contributed by atoms with Crippen molar-refractivity contribution in [1.82, 2.24) is 14.7 Å². The van der Waals surface area contributed by atoms with Crippen LogP contribution in [0, 0.1) is 19.7 Å². The van der Waals surface area contributed by atoms with Crippen LogP contribution in [0.5, 0.6) is 11.6 Å². The zero-order valence-corrected chi connectivity index (χ0v) is 18.1. The van der Waals surface area contributed by atoms with Crippen molar-refractivity contribution in [2.24, 2.45) is 0 Å². The van der Waals surface area contributed by atoms with Crippen LogP contribution in [0.15, 0.2) is 48.5 Å². The molecule has 0 spiro atoms. The molecule has 0 fully saturated rings. The summed E-state index contributed by atoms with van der Waals surface area (Å²) in [6, 6.07) is 14.0. The summed E-state index contributed by atoms with van der Waals surface area (Å²) in [5, 5.41) is 4.64. The third-order valence-corrected chi connectivity index (χ3v) is 5.27. The number of aromatic nitrogens is 2. The molecule has 1 aromatic heterocycles. The summed E-state index contributed by atoms with van der Waals surface area (Å²) in [6.07, 6.45) is 0.860. The number of carbonyl (C=O) groups excluding carboxylic acids is 1. The number of rotatable bonds is 7. The Balaban J connectivity index is 1.99. The minimum absolute atomic E-state index is 0.0702. The molecule has 158 valence electrons. The van der Waals surface area contributed by atoms with E-state index in [-0.39, 0.29) is 17.8 Å². The van der Waals surface area contributed by atoms with E-state index >= 15 is 0 Å². The Kier molecular flexibility index (Phi) is 6.55. The number of ether oxygens (including phenoxy) is 1. The number of carbonyl (C=O) groups is 1. The predicted molar refractivity (Wildman–Crippen MR) is 116 cm³/mol. The van der Waals surface area contributed by atoms with E-state index in [2.05, 4.69) is 5.10 Å². The van der Waals surface area contributed by atoms with Gasteiger partial charge in [0.25, 0.3) is 0 Å². The number of aryl methyl sites for hydroxylation is 2. The Bertz CT molecular complexity index is 1030. The first-order valence-electron chi connectivity index (χ1n) is 10.1. The van der Waals surface area contributed by atoms with E-state index in [1.54, 1.807) is 21.7 Å². The molecule has 3 rings (SSSR count). The highest BCUT2D eigenvalue weighted by atomic mass is 19.1. The highest BCUT2D eigenvalue weighted by Gasteiger charge is 2.21. The van der Waals surface area contributed by atoms with Gasteiger partial charge in [-0.25, -0.2) is 9.07 Å². The zero-order valence-electron chi connectivity index (χ0n) is 18.1. The van der Waals surface area contributed by atoms with Crippen molar-refractivity contribution in [3.63, 3.8) is 0 Å². The van der Waals surface area contributed by atoms with Crippen molar-refractivity contribution in [3.8, 4) is 17.3 Å². The molecule has 0 radical (unpaired) electrons. The maximum Gasteiger partial charge on any atom is 0.226 e. The molecule has 0 atom stereocenters. The maximum atomic E-state index is 13.4. The molecule has 6 heteroatoms. The lowest BCUT2D eigenvalue weighted by Gasteiger charge is -2.21. The third kappa shape index (κ3) is 4.70. The third-order valence-electron chi connectivity index (χ3n) is 5.27. The summed E-state index contributed by atoms with van der Waals surface area (Å²) in [6.45, 7) is 7.85. The smallest absolute Gasteiger partial charge is 0.226 e. The fourth-order valence-corrected chi connectivity index (χ4v) is 3.16. The first-order chi connectivity index (χ1) is 14.3. The van der Waals surface area contributed by atoms with E-state index < -0.39 is 0 Å². The second-order valence-electron chi connectivity index (χ2n) is 7.72. The summed E-state index contributed by atoms with van der Waals surface area (Å²) in [5.74, 6) is 1.02. The molecule has 0 aliphatic heterocycles. The van der Waals surface area contributed by atoms with E-state index in [4.69, 9.17) is 4.74 Å². The van der Waals surface area contributed by atoms with E-state index in [1.807, 2.05) is 59.0 Å². The number of nitrogens with zero attached hydrogens (tertiary/aromatic N) is 3. The monoisotopic (exact) mass is 409 g/mol. The molecule has 0 saturated heterocycles. The number of hydrogen-bond donors (Lipinski definition) is 0. The second-order valence-corrected chi connectivity index (χ2v) is 7.72. The average Bonchev–Trinajstić information content (AvgIpc) is 3.03. The molecule has 0 aliphatic rings. The SMILES string of the molecule is Cc1ccccc1Oc1c(CCC(=O)N(C)C(C)C)c(C)nn1-c1ccc(F)cc1. The van der Waals surface area contributed by atoms with Crippen molar-refractivity contribution < 1.29 is 13.9 Å². The fraction of sp³-hybridized carbons (Fsp3) is 0.333. The summed E-state index contributed by atoms with van der Waals surface area (Å²) in [7, 11) is 1.81. The van der Waals surface area contributed by atoms with Crippen LogP contribution in [0.2, 0.25) is 0 Å². The molecule has 0 N–H and O–H groups in total. The quantitative estimate of drug-likeness (QED) is 0.537. The topological polar surface area (TPSA) is 47.4 Å². The van der Waals surface area contributed by atoms with Crippen molar-refractivity contribution in [3.05, 3.63) is 71.2 Å². The molecule has 2 aromatic carbocycles. The van der Waals surface area contributed by atoms with Gasteiger partial charge in [0, 0.05) is 25.1 Å². The number of amides is 1. The van der Waals surface area contributed by atoms with Gasteiger partial charge < -0.3 is 9.64 Å². The molecule has 3 aromatic rings. The Morgan fingerprint density at radius 2 is 1.80 bits per heavy atom. The average molecular weight is 410 g/mol. The van der Waals surface area contributed by atoms with Gasteiger partial charge in [0.15, 0.2) is 0 Å². The summed E-state index contributed by atoms with van der Waals surface area (Å²) >= 11 is 0. The Hall–Kier alpha value is -3.15. The van der Waals surface area contributed by atoms with Gasteiger partial charge >= 0.3 is 0 Å². The molecule has 0 saturated carbocycles. The van der Waals surface area contributed by atoms with Gasteiger partial charge in [-0.2, -0.15) is 5.10 Å². The highest BCUT2D eigenvalue weighted by molar-refractivity contribution is 5.76. The summed E-state index contributed by atoms with van der Waals surface area (Å²) in [4.78, 5) is 14.3. The second kappa shape index (κ2) is 9.11. The van der Waals surface area contributed by atoms with E-state index in [0.717, 1.165) is 16.8 Å². The normalized spacial score (nSPS) is 11.0. The van der Waals surface area contributed by atoms with E-state index in [9.17, 15) is 9.18 Å². The minimum atomic E-state index is -0.313. The standard InChI is InChI=1S/C24H28FN3O2/c1-16(2)27(5)23(29)15-14-21-18(4)26-28(20-12-10-19(25)11-13-20)24(21)30-22-9-7-6-8-17(22)3/h6-13,16H,14-15H2,1-5H3. The van der Waals surface area contributed by atoms with Gasteiger partial charge in [-0.1, -0.05) is 18.2 Å². The van der Waals surface area contributed by atoms with Crippen molar-refractivity contribution in [2.75, 3.05) is 7.05 Å². The van der Waals surface area contributed by atoms with Crippen molar-refractivity contribution >= 4 is 5.91 Å². The Morgan fingerprint density at radius 3 is 2.43 bits per heavy atom. The Labute approximate surface area is 177 Å². The molecule has 0 bridgehead atoms. The zero-order chi connectivity index (χ0) is 21.8. The van der Waals surface area contributed by atoms with Crippen LogP contribution in [0.1, 0.15) is 37.1 Å². The molecule has 5 nitrogen and oxygen atoms in total. The van der Waals surface area contributed by atoms with Crippen LogP contribution in [0.4, 0.5) is 4.39 Å². The number of hydrogen-bond acceptors (Lipinski definition) is 3. The number of para-hydroxylation sites is 1. The first kappa shape index (κ1) is 21.6. The maximum absolute atomic E-state index is 13.4. The molecule has 1 heterocycles. The lowest BCUT2D eigenvalue weighted by Crippen LogP contribution is -2.33. The minimum Gasteiger partial charge on any atom is -0.438 e. The number of benzene rings is 2. The molecule has 1 amide bonds. The molecular weight excluding hydrogens is 381 g/mol. The van der Waals surface area contributed by atoms with Gasteiger partial charge in [0.05, 0.1) is 11.4 Å². The molecular formula is C24H28FN3O2. The van der Waals surface area contributed by atoms with E-state index in [0.29, 0.717) is 30.2 Å². The first-order valence-corrected chi connectivity index (χ1v) is 10.1. The van der Waals surface area contributed by atoms with Gasteiger partial charge in [0.1, 0.15) is 11.6 Å². The molecule has 0 aliphatic carbocycles. The van der Waals surface area contributed by atoms with Crippen LogP contribution in [-0.2, 0) is 11.2 Å². The van der Waals surface area contributed by atoms with Crippen LogP contribution >= 0.6 is 0 Å². The fourth-order valence-electron chi connectivity index (χ4n) is 3.16. The number of halogens is 1. The van der Waals surface area contributed by atoms with Crippen LogP contribution in [0.25, 0.3) is 5.69 Å². The van der Waals surface area contributed by atoms with Crippen molar-refractivity contribution in [1.29, 1.82) is 0 Å². The predicted octanol–water partition coefficient (Wildman–Crippen LogP) is 5.22. The lowest BCUT2D eigenvalue weighted by atomic mass is 10.1. The molecule has 30 heavy (non-hydrogen) atoms. The highest BCUT2D eigenvalue weighted by Crippen LogP contribution is 2.33. The molecule has 0 unspecified atom stereocenters. The Morgan fingerprint density at radius 1 is 1.13 bits per heavy atom. The van der Waals surface area contributed by atoms with Crippen LogP contribution in [0.3, 0.4) is 0 Å². The van der Waals surface area contributed by atoms with Gasteiger partial charge in [-0.05, 0) is 70.0 Å². The van der Waals surface area contributed by atoms with Crippen LogP contribution < -0.4 is 4.74 Å². The van der Waals surface area contributed by atoms with Gasteiger partial charge in [0.2, 0.25) is 11.8 Å². The van der Waals surface area contributed by atoms with Gasteiger partial charge in [-0.3, -0.25) is 4.79 Å². The van der Waals surface area contributed by atoms with E-state index in [1.165, 1.54) is 12.1 Å².